The van der Waals surface area contributed by atoms with Gasteiger partial charge in [0.1, 0.15) is 25.6 Å². The fraction of sp³-hybridized carbons (Fsp3) is 0.143. The highest BCUT2D eigenvalue weighted by atomic mass is 16.6. The molecule has 7 heteroatoms. The maximum absolute atomic E-state index is 8.82. The molecule has 0 unspecified atom stereocenters. The number of nitrogens with zero attached hydrogens (tertiary/aromatic N) is 5. The van der Waals surface area contributed by atoms with Crippen LogP contribution >= 0.6 is 0 Å². The van der Waals surface area contributed by atoms with Gasteiger partial charge in [-0.1, -0.05) is 0 Å². The molecule has 0 aliphatic carbocycles. The van der Waals surface area contributed by atoms with Gasteiger partial charge in [0, 0.05) is 11.6 Å². The summed E-state index contributed by atoms with van der Waals surface area (Å²) in [5.74, 6) is 2.11. The van der Waals surface area contributed by atoms with Crippen molar-refractivity contribution in [2.45, 2.75) is 0 Å². The molecule has 1 aliphatic rings. The lowest BCUT2D eigenvalue weighted by Gasteiger charge is -2.19. The number of fused-ring (bicyclic) bond motifs is 2. The zero-order valence-corrected chi connectivity index (χ0v) is 10.9. The molecule has 0 amide bonds. The minimum atomic E-state index is 0.103. The van der Waals surface area contributed by atoms with Gasteiger partial charge in [-0.2, -0.15) is 5.26 Å². The molecule has 0 fully saturated rings. The highest BCUT2D eigenvalue weighted by Gasteiger charge is 2.15. The van der Waals surface area contributed by atoms with Crippen molar-refractivity contribution in [1.82, 2.24) is 19.7 Å². The Hall–Kier alpha value is -3.14. The lowest BCUT2D eigenvalue weighted by atomic mass is 10.1. The summed E-state index contributed by atoms with van der Waals surface area (Å²) in [6.45, 7) is 1.07. The van der Waals surface area contributed by atoms with Crippen LogP contribution in [0.5, 0.6) is 11.5 Å². The molecule has 0 radical (unpaired) electrons. The van der Waals surface area contributed by atoms with E-state index in [-0.39, 0.29) is 5.82 Å². The van der Waals surface area contributed by atoms with Crippen LogP contribution < -0.4 is 9.47 Å². The fourth-order valence-electron chi connectivity index (χ4n) is 2.29. The molecular formula is C14H9N5O2. The molecule has 1 aromatic carbocycles. The van der Waals surface area contributed by atoms with E-state index in [4.69, 9.17) is 14.7 Å². The van der Waals surface area contributed by atoms with Crippen LogP contribution in [0.15, 0.2) is 30.7 Å². The molecule has 0 bridgehead atoms. The highest BCUT2D eigenvalue weighted by molar-refractivity contribution is 5.91. The van der Waals surface area contributed by atoms with Crippen molar-refractivity contribution in [3.05, 3.63) is 36.5 Å². The molecule has 21 heavy (non-hydrogen) atoms. The van der Waals surface area contributed by atoms with Crippen LogP contribution in [0.1, 0.15) is 5.82 Å². The number of hydrogen-bond donors (Lipinski definition) is 0. The van der Waals surface area contributed by atoms with Gasteiger partial charge in [0.25, 0.3) is 5.82 Å². The SMILES string of the molecule is N#Cc1ncn(-c2nccc3cc4c(cc23)OCCO4)n1. The van der Waals surface area contributed by atoms with Crippen LogP contribution in [-0.2, 0) is 0 Å². The standard InChI is InChI=1S/C14H9N5O2/c15-7-13-17-8-19(18-13)14-10-6-12-11(20-3-4-21-12)5-9(10)1-2-16-14/h1-2,5-6,8H,3-4H2. The molecule has 2 aromatic heterocycles. The molecule has 102 valence electrons. The molecular weight excluding hydrogens is 270 g/mol. The van der Waals surface area contributed by atoms with Crippen molar-refractivity contribution in [3.8, 4) is 23.4 Å². The first-order valence-electron chi connectivity index (χ1n) is 6.35. The van der Waals surface area contributed by atoms with E-state index in [0.717, 1.165) is 16.5 Å². The van der Waals surface area contributed by atoms with Crippen molar-refractivity contribution in [3.63, 3.8) is 0 Å². The van der Waals surface area contributed by atoms with Gasteiger partial charge in [-0.25, -0.2) is 14.6 Å². The second-order valence-electron chi connectivity index (χ2n) is 4.48. The average Bonchev–Trinajstić information content (AvgIpc) is 3.01. The van der Waals surface area contributed by atoms with E-state index in [1.54, 1.807) is 6.20 Å². The normalized spacial score (nSPS) is 13.1. The van der Waals surface area contributed by atoms with E-state index in [1.165, 1.54) is 11.0 Å². The lowest BCUT2D eigenvalue weighted by Crippen LogP contribution is -2.15. The first kappa shape index (κ1) is 11.7. The number of ether oxygens (including phenoxy) is 2. The number of hydrogen-bond acceptors (Lipinski definition) is 6. The molecule has 4 rings (SSSR count). The van der Waals surface area contributed by atoms with Gasteiger partial charge in [0.05, 0.1) is 0 Å². The van der Waals surface area contributed by atoms with Gasteiger partial charge >= 0.3 is 0 Å². The second-order valence-corrected chi connectivity index (χ2v) is 4.48. The zero-order valence-electron chi connectivity index (χ0n) is 10.9. The number of pyridine rings is 1. The summed E-state index contributed by atoms with van der Waals surface area (Å²) in [4.78, 5) is 8.23. The number of rotatable bonds is 1. The fourth-order valence-corrected chi connectivity index (χ4v) is 2.29. The minimum absolute atomic E-state index is 0.103. The molecule has 0 saturated heterocycles. The number of aromatic nitrogens is 4. The summed E-state index contributed by atoms with van der Waals surface area (Å²) in [7, 11) is 0. The molecule has 0 saturated carbocycles. The maximum Gasteiger partial charge on any atom is 0.252 e. The number of benzene rings is 1. The Morgan fingerprint density at radius 1 is 1.14 bits per heavy atom. The van der Waals surface area contributed by atoms with Crippen molar-refractivity contribution in [2.24, 2.45) is 0 Å². The first-order chi connectivity index (χ1) is 10.3. The molecule has 3 aromatic rings. The predicted octanol–water partition coefficient (Wildman–Crippen LogP) is 1.46. The van der Waals surface area contributed by atoms with E-state index < -0.39 is 0 Å². The van der Waals surface area contributed by atoms with Gasteiger partial charge in [-0.3, -0.25) is 0 Å². The van der Waals surface area contributed by atoms with Crippen LogP contribution in [0.3, 0.4) is 0 Å². The van der Waals surface area contributed by atoms with Crippen LogP contribution in [0.2, 0.25) is 0 Å². The van der Waals surface area contributed by atoms with E-state index in [1.807, 2.05) is 24.3 Å². The molecule has 1 aliphatic heterocycles. The predicted molar refractivity (Wildman–Crippen MR) is 72.4 cm³/mol. The van der Waals surface area contributed by atoms with Gasteiger partial charge in [0.2, 0.25) is 0 Å². The Morgan fingerprint density at radius 2 is 1.95 bits per heavy atom. The van der Waals surface area contributed by atoms with Gasteiger partial charge in [0.15, 0.2) is 17.3 Å². The third kappa shape index (κ3) is 1.85. The largest absolute Gasteiger partial charge is 0.486 e. The second kappa shape index (κ2) is 4.45. The van der Waals surface area contributed by atoms with Crippen molar-refractivity contribution in [2.75, 3.05) is 13.2 Å². The Balaban J connectivity index is 1.95. The first-order valence-corrected chi connectivity index (χ1v) is 6.35. The van der Waals surface area contributed by atoms with E-state index in [9.17, 15) is 0 Å². The average molecular weight is 279 g/mol. The highest BCUT2D eigenvalue weighted by Crippen LogP contribution is 2.35. The van der Waals surface area contributed by atoms with E-state index in [0.29, 0.717) is 24.8 Å². The Bertz CT molecular complexity index is 881. The molecule has 3 heterocycles. The monoisotopic (exact) mass is 279 g/mol. The zero-order chi connectivity index (χ0) is 14.2. The van der Waals surface area contributed by atoms with E-state index >= 15 is 0 Å². The van der Waals surface area contributed by atoms with Gasteiger partial charge in [-0.15, -0.1) is 5.10 Å². The Labute approximate surface area is 119 Å². The lowest BCUT2D eigenvalue weighted by molar-refractivity contribution is 0.172. The third-order valence-electron chi connectivity index (χ3n) is 3.22. The quantitative estimate of drug-likeness (QED) is 0.670. The molecule has 7 nitrogen and oxygen atoms in total. The van der Waals surface area contributed by atoms with Crippen LogP contribution in [-0.4, -0.2) is 33.0 Å². The van der Waals surface area contributed by atoms with Crippen molar-refractivity contribution < 1.29 is 9.47 Å². The van der Waals surface area contributed by atoms with Crippen LogP contribution in [0, 0.1) is 11.3 Å². The summed E-state index contributed by atoms with van der Waals surface area (Å²) >= 11 is 0. The van der Waals surface area contributed by atoms with Crippen molar-refractivity contribution >= 4 is 10.8 Å². The van der Waals surface area contributed by atoms with Crippen LogP contribution in [0.4, 0.5) is 0 Å². The Kier molecular flexibility index (Phi) is 2.47. The topological polar surface area (TPSA) is 85.9 Å². The summed E-state index contributed by atoms with van der Waals surface area (Å²) in [6.07, 6.45) is 3.15. The van der Waals surface area contributed by atoms with Gasteiger partial charge < -0.3 is 9.47 Å². The van der Waals surface area contributed by atoms with Crippen LogP contribution in [0.25, 0.3) is 16.6 Å². The summed E-state index contributed by atoms with van der Waals surface area (Å²) in [5, 5.41) is 14.7. The van der Waals surface area contributed by atoms with Crippen molar-refractivity contribution in [1.29, 1.82) is 5.26 Å². The smallest absolute Gasteiger partial charge is 0.252 e. The summed E-state index contributed by atoms with van der Waals surface area (Å²) in [5.41, 5.74) is 0. The minimum Gasteiger partial charge on any atom is -0.486 e. The van der Waals surface area contributed by atoms with Gasteiger partial charge in [-0.05, 0) is 23.6 Å². The molecule has 0 spiro atoms. The number of nitriles is 1. The molecule has 0 atom stereocenters. The summed E-state index contributed by atoms with van der Waals surface area (Å²) < 4.78 is 12.7. The summed E-state index contributed by atoms with van der Waals surface area (Å²) in [6, 6.07) is 7.58. The maximum atomic E-state index is 8.82. The molecule has 0 N–H and O–H groups in total. The Morgan fingerprint density at radius 3 is 2.71 bits per heavy atom. The third-order valence-corrected chi connectivity index (χ3v) is 3.22. The van der Waals surface area contributed by atoms with E-state index in [2.05, 4.69) is 15.1 Å².